The number of aliphatic hydroxyl groups excluding tert-OH is 1. The quantitative estimate of drug-likeness (QED) is 0.525. The van der Waals surface area contributed by atoms with Crippen molar-refractivity contribution < 1.29 is 42.5 Å². The minimum Gasteiger partial charge on any atom is -0.465 e. The maximum Gasteiger partial charge on any atom is 0.319 e. The SMILES string of the molecule is CCC(=O)O[C@]1(C(=O)S[C@@H]2CCOC2=O)[C@H](C)C[C@H]2[C@@H]3C[C@H](F)C4=CC(=O)C=C[C@]4(C)[C@@]3(F)[C@@H](O)C[C@@]21C. The summed E-state index contributed by atoms with van der Waals surface area (Å²) in [6, 6.07) is 0. The van der Waals surface area contributed by atoms with Gasteiger partial charge in [-0.2, -0.15) is 0 Å². The van der Waals surface area contributed by atoms with Crippen LogP contribution in [0, 0.1) is 28.6 Å². The van der Waals surface area contributed by atoms with Gasteiger partial charge in [0.1, 0.15) is 11.4 Å². The number of carbonyl (C=O) groups is 4. The van der Waals surface area contributed by atoms with E-state index in [4.69, 9.17) is 9.47 Å². The van der Waals surface area contributed by atoms with Gasteiger partial charge in [-0.25, -0.2) is 8.78 Å². The lowest BCUT2D eigenvalue weighted by Gasteiger charge is -2.63. The molecule has 3 saturated carbocycles. The molecule has 0 spiro atoms. The second-order valence-electron chi connectivity index (χ2n) is 11.9. The largest absolute Gasteiger partial charge is 0.465 e. The van der Waals surface area contributed by atoms with Gasteiger partial charge in [0.25, 0.3) is 0 Å². The number of hydrogen-bond acceptors (Lipinski definition) is 8. The van der Waals surface area contributed by atoms with E-state index < -0.39 is 80.2 Å². The molecule has 10 atom stereocenters. The highest BCUT2D eigenvalue weighted by atomic mass is 32.2. The van der Waals surface area contributed by atoms with Crippen molar-refractivity contribution in [3.63, 3.8) is 0 Å². The van der Waals surface area contributed by atoms with E-state index in [0.29, 0.717) is 6.42 Å². The molecular weight excluding hydrogens is 518 g/mol. The number of ether oxygens (including phenoxy) is 2. The van der Waals surface area contributed by atoms with Crippen molar-refractivity contribution in [3.8, 4) is 0 Å². The second-order valence-corrected chi connectivity index (χ2v) is 13.1. The average molecular weight is 553 g/mol. The zero-order valence-electron chi connectivity index (χ0n) is 22.0. The Balaban J connectivity index is 1.61. The molecule has 4 aliphatic carbocycles. The van der Waals surface area contributed by atoms with Crippen LogP contribution in [0.2, 0.25) is 0 Å². The lowest BCUT2D eigenvalue weighted by molar-refractivity contribution is -0.228. The molecule has 4 fully saturated rings. The summed E-state index contributed by atoms with van der Waals surface area (Å²) in [7, 11) is 0. The summed E-state index contributed by atoms with van der Waals surface area (Å²) >= 11 is 0.772. The normalized spacial score (nSPS) is 47.5. The van der Waals surface area contributed by atoms with Crippen LogP contribution < -0.4 is 0 Å². The topological polar surface area (TPSA) is 107 Å². The van der Waals surface area contributed by atoms with Crippen LogP contribution in [0.1, 0.15) is 59.8 Å². The first-order valence-electron chi connectivity index (χ1n) is 13.3. The number of hydrogen-bond donors (Lipinski definition) is 1. The molecule has 0 aromatic rings. The molecule has 7 nitrogen and oxygen atoms in total. The number of cyclic esters (lactones) is 1. The van der Waals surface area contributed by atoms with Gasteiger partial charge in [-0.05, 0) is 49.8 Å². The highest BCUT2D eigenvalue weighted by molar-refractivity contribution is 8.14. The van der Waals surface area contributed by atoms with Crippen molar-refractivity contribution in [2.75, 3.05) is 6.61 Å². The third kappa shape index (κ3) is 3.41. The Hall–Kier alpha value is -2.07. The van der Waals surface area contributed by atoms with Gasteiger partial charge >= 0.3 is 11.9 Å². The molecule has 1 saturated heterocycles. The molecule has 1 heterocycles. The van der Waals surface area contributed by atoms with E-state index in [2.05, 4.69) is 0 Å². The molecule has 0 radical (unpaired) electrons. The number of fused-ring (bicyclic) bond motifs is 5. The van der Waals surface area contributed by atoms with E-state index >= 15 is 8.78 Å². The van der Waals surface area contributed by atoms with Crippen LogP contribution >= 0.6 is 11.8 Å². The van der Waals surface area contributed by atoms with E-state index in [0.717, 1.165) is 17.8 Å². The van der Waals surface area contributed by atoms with Gasteiger partial charge in [-0.15, -0.1) is 0 Å². The molecule has 208 valence electrons. The van der Waals surface area contributed by atoms with Crippen LogP contribution in [-0.2, 0) is 28.7 Å². The van der Waals surface area contributed by atoms with E-state index in [1.165, 1.54) is 19.1 Å². The Kier molecular flexibility index (Phi) is 6.50. The lowest BCUT2D eigenvalue weighted by atomic mass is 9.44. The fourth-order valence-electron chi connectivity index (χ4n) is 8.27. The number of thioether (sulfide) groups is 1. The first kappa shape index (κ1) is 27.5. The third-order valence-corrected chi connectivity index (χ3v) is 11.4. The fourth-order valence-corrected chi connectivity index (χ4v) is 9.56. The first-order valence-corrected chi connectivity index (χ1v) is 14.2. The van der Waals surface area contributed by atoms with Crippen molar-refractivity contribution in [1.82, 2.24) is 0 Å². The van der Waals surface area contributed by atoms with Crippen LogP contribution in [0.4, 0.5) is 8.78 Å². The van der Waals surface area contributed by atoms with Crippen molar-refractivity contribution >= 4 is 34.6 Å². The zero-order valence-corrected chi connectivity index (χ0v) is 22.8. The van der Waals surface area contributed by atoms with E-state index in [-0.39, 0.29) is 37.9 Å². The molecule has 38 heavy (non-hydrogen) atoms. The first-order chi connectivity index (χ1) is 17.8. The van der Waals surface area contributed by atoms with Gasteiger partial charge in [0.05, 0.1) is 12.7 Å². The van der Waals surface area contributed by atoms with Crippen LogP contribution in [-0.4, -0.2) is 63.3 Å². The summed E-state index contributed by atoms with van der Waals surface area (Å²) in [4.78, 5) is 51.1. The van der Waals surface area contributed by atoms with Crippen molar-refractivity contribution in [3.05, 3.63) is 23.8 Å². The Labute approximate surface area is 224 Å². The van der Waals surface area contributed by atoms with Gasteiger partial charge < -0.3 is 14.6 Å². The minimum absolute atomic E-state index is 0.00469. The Morgan fingerprint density at radius 1 is 1.24 bits per heavy atom. The summed E-state index contributed by atoms with van der Waals surface area (Å²) in [5, 5.41) is 10.3. The summed E-state index contributed by atoms with van der Waals surface area (Å²) in [6.07, 6.45) is 0.586. The number of allylic oxidation sites excluding steroid dienone is 4. The Bertz CT molecular complexity index is 1150. The van der Waals surface area contributed by atoms with Gasteiger partial charge in [0.2, 0.25) is 5.12 Å². The highest BCUT2D eigenvalue weighted by Crippen LogP contribution is 2.72. The highest BCUT2D eigenvalue weighted by Gasteiger charge is 2.78. The fraction of sp³-hybridized carbons (Fsp3) is 0.714. The number of alkyl halides is 2. The van der Waals surface area contributed by atoms with E-state index in [1.807, 2.05) is 0 Å². The van der Waals surface area contributed by atoms with Gasteiger partial charge in [-0.1, -0.05) is 38.6 Å². The van der Waals surface area contributed by atoms with Gasteiger partial charge in [0.15, 0.2) is 17.1 Å². The maximum absolute atomic E-state index is 17.4. The van der Waals surface area contributed by atoms with Crippen molar-refractivity contribution in [2.45, 2.75) is 88.6 Å². The average Bonchev–Trinajstić information content (AvgIpc) is 3.35. The molecule has 0 bridgehead atoms. The second kappa shape index (κ2) is 8.98. The maximum atomic E-state index is 17.4. The number of rotatable bonds is 4. The number of esters is 2. The summed E-state index contributed by atoms with van der Waals surface area (Å²) in [6.45, 7) is 6.78. The van der Waals surface area contributed by atoms with Crippen molar-refractivity contribution in [2.24, 2.45) is 28.6 Å². The molecule has 0 unspecified atom stereocenters. The number of aliphatic hydroxyl groups is 1. The predicted octanol–water partition coefficient (Wildman–Crippen LogP) is 3.82. The van der Waals surface area contributed by atoms with E-state index in [9.17, 15) is 24.3 Å². The molecule has 0 amide bonds. The Morgan fingerprint density at radius 3 is 2.58 bits per heavy atom. The van der Waals surface area contributed by atoms with Crippen LogP contribution in [0.3, 0.4) is 0 Å². The summed E-state index contributed by atoms with van der Waals surface area (Å²) in [5.74, 6) is -3.76. The van der Waals surface area contributed by atoms with Crippen LogP contribution in [0.15, 0.2) is 23.8 Å². The molecule has 5 aliphatic rings. The molecule has 0 aromatic carbocycles. The smallest absolute Gasteiger partial charge is 0.319 e. The number of carbonyl (C=O) groups excluding carboxylic acids is 4. The Morgan fingerprint density at radius 2 is 1.95 bits per heavy atom. The number of halogens is 2. The molecule has 1 aliphatic heterocycles. The van der Waals surface area contributed by atoms with Gasteiger partial charge in [0, 0.05) is 35.5 Å². The monoisotopic (exact) mass is 552 g/mol. The standard InChI is InChI=1S/C28H34F2O7S/c1-5-22(33)37-28(24(35)38-20-7-9-36-23(20)34)14(2)10-16-17-12-19(29)18-11-15(31)6-8-25(18,3)27(17,30)21(32)13-26(16,28)4/h6,8,11,14,16-17,19-21,32H,5,7,9-10,12-13H2,1-4H3/t14-,16+,17+,19+,20-,21+,25+,26+,27+,28+/m1/s1. The van der Waals surface area contributed by atoms with Crippen LogP contribution in [0.5, 0.6) is 0 Å². The molecule has 10 heteroatoms. The summed E-state index contributed by atoms with van der Waals surface area (Å²) in [5.41, 5.74) is -6.81. The molecule has 5 rings (SSSR count). The van der Waals surface area contributed by atoms with E-state index in [1.54, 1.807) is 20.8 Å². The molecular formula is C28H34F2O7S. The number of ketones is 1. The minimum atomic E-state index is -2.31. The third-order valence-electron chi connectivity index (χ3n) is 10.2. The van der Waals surface area contributed by atoms with Gasteiger partial charge in [-0.3, -0.25) is 19.2 Å². The zero-order chi connectivity index (χ0) is 27.8. The lowest BCUT2D eigenvalue weighted by Crippen LogP contribution is -2.70. The van der Waals surface area contributed by atoms with Crippen molar-refractivity contribution in [1.29, 1.82) is 0 Å². The summed E-state index contributed by atoms with van der Waals surface area (Å²) < 4.78 is 44.2. The molecule has 1 N–H and O–H groups in total. The predicted molar refractivity (Wildman–Crippen MR) is 134 cm³/mol. The van der Waals surface area contributed by atoms with Crippen LogP contribution in [0.25, 0.3) is 0 Å². The molecule has 0 aromatic heterocycles.